The molecule has 4 nitrogen and oxygen atoms in total. The molecule has 0 aromatic heterocycles. The van der Waals surface area contributed by atoms with Gasteiger partial charge in [0, 0.05) is 19.1 Å². The zero-order valence-corrected chi connectivity index (χ0v) is 14.8. The predicted molar refractivity (Wildman–Crippen MR) is 88.0 cm³/mol. The monoisotopic (exact) mass is 312 g/mol. The second kappa shape index (κ2) is 7.38. The molecule has 0 aliphatic heterocycles. The Kier molecular flexibility index (Phi) is 6.38. The summed E-state index contributed by atoms with van der Waals surface area (Å²) in [5.74, 6) is 0. The second-order valence-electron chi connectivity index (χ2n) is 5.62. The summed E-state index contributed by atoms with van der Waals surface area (Å²) in [6, 6.07) is 3.82. The minimum Gasteiger partial charge on any atom is -0.313 e. The topological polar surface area (TPSA) is 49.4 Å². The Morgan fingerprint density at radius 2 is 1.81 bits per heavy atom. The molecule has 21 heavy (non-hydrogen) atoms. The van der Waals surface area contributed by atoms with Gasteiger partial charge in [0.25, 0.3) is 0 Å². The van der Waals surface area contributed by atoms with E-state index in [1.165, 1.54) is 0 Å². The summed E-state index contributed by atoms with van der Waals surface area (Å²) in [6.07, 6.45) is 0. The number of hydrogen-bond donors (Lipinski definition) is 1. The Bertz CT molecular complexity index is 580. The molecule has 1 aromatic rings. The quantitative estimate of drug-likeness (QED) is 0.842. The minimum atomic E-state index is -3.45. The highest BCUT2D eigenvalue weighted by molar-refractivity contribution is 7.89. The molecule has 0 spiro atoms. The van der Waals surface area contributed by atoms with Gasteiger partial charge in [0.2, 0.25) is 10.0 Å². The maximum atomic E-state index is 12.9. The maximum absolute atomic E-state index is 12.9. The van der Waals surface area contributed by atoms with Crippen LogP contribution in [0.25, 0.3) is 0 Å². The highest BCUT2D eigenvalue weighted by atomic mass is 32.2. The van der Waals surface area contributed by atoms with Gasteiger partial charge in [-0.3, -0.25) is 0 Å². The third-order valence-electron chi connectivity index (χ3n) is 3.73. The Hall–Kier alpha value is -0.910. The van der Waals surface area contributed by atoms with E-state index in [2.05, 4.69) is 11.4 Å². The lowest BCUT2D eigenvalue weighted by Crippen LogP contribution is -2.37. The van der Waals surface area contributed by atoms with E-state index in [0.29, 0.717) is 18.0 Å². The molecule has 0 saturated carbocycles. The Morgan fingerprint density at radius 3 is 2.29 bits per heavy atom. The lowest BCUT2D eigenvalue weighted by molar-refractivity contribution is 0.369. The van der Waals surface area contributed by atoms with E-state index >= 15 is 0 Å². The van der Waals surface area contributed by atoms with Crippen molar-refractivity contribution in [3.63, 3.8) is 0 Å². The van der Waals surface area contributed by atoms with Crippen molar-refractivity contribution < 1.29 is 8.42 Å². The number of hydrogen-bond acceptors (Lipinski definition) is 3. The Morgan fingerprint density at radius 1 is 1.19 bits per heavy atom. The van der Waals surface area contributed by atoms with Crippen LogP contribution in [0.3, 0.4) is 0 Å². The highest BCUT2D eigenvalue weighted by Gasteiger charge is 2.27. The summed E-state index contributed by atoms with van der Waals surface area (Å²) in [5.41, 5.74) is 2.87. The Labute approximate surface area is 129 Å². The van der Waals surface area contributed by atoms with E-state index in [9.17, 15) is 8.42 Å². The van der Waals surface area contributed by atoms with Gasteiger partial charge in [-0.25, -0.2) is 8.42 Å². The smallest absolute Gasteiger partial charge is 0.243 e. The molecule has 120 valence electrons. The highest BCUT2D eigenvalue weighted by Crippen LogP contribution is 2.25. The van der Waals surface area contributed by atoms with E-state index in [4.69, 9.17) is 0 Å². The first kappa shape index (κ1) is 18.1. The fourth-order valence-corrected chi connectivity index (χ4v) is 4.47. The SMILES string of the molecule is CCNCc1cc(C)c(C)c(S(=O)(=O)N(CC)C(C)C)c1. The second-order valence-corrected chi connectivity index (χ2v) is 7.48. The van der Waals surface area contributed by atoms with Crippen LogP contribution in [0.1, 0.15) is 44.4 Å². The summed E-state index contributed by atoms with van der Waals surface area (Å²) >= 11 is 0. The molecule has 0 aliphatic rings. The first-order valence-electron chi connectivity index (χ1n) is 7.58. The predicted octanol–water partition coefficient (Wildman–Crippen LogP) is 2.83. The van der Waals surface area contributed by atoms with Crippen molar-refractivity contribution in [1.82, 2.24) is 9.62 Å². The molecule has 0 atom stereocenters. The van der Waals surface area contributed by atoms with Crippen LogP contribution in [-0.2, 0) is 16.6 Å². The van der Waals surface area contributed by atoms with Gasteiger partial charge in [-0.15, -0.1) is 0 Å². The molecule has 1 rings (SSSR count). The molecule has 0 aliphatic carbocycles. The van der Waals surface area contributed by atoms with Crippen molar-refractivity contribution in [2.75, 3.05) is 13.1 Å². The zero-order chi connectivity index (χ0) is 16.2. The third kappa shape index (κ3) is 4.05. The molecule has 0 bridgehead atoms. The van der Waals surface area contributed by atoms with Gasteiger partial charge in [0.05, 0.1) is 4.90 Å². The molecule has 0 unspecified atom stereocenters. The largest absolute Gasteiger partial charge is 0.313 e. The number of benzene rings is 1. The molecular weight excluding hydrogens is 284 g/mol. The fraction of sp³-hybridized carbons (Fsp3) is 0.625. The fourth-order valence-electron chi connectivity index (χ4n) is 2.48. The maximum Gasteiger partial charge on any atom is 0.243 e. The molecular formula is C16H28N2O2S. The molecule has 0 fully saturated rings. The number of nitrogens with zero attached hydrogens (tertiary/aromatic N) is 1. The van der Waals surface area contributed by atoms with Crippen LogP contribution in [0.4, 0.5) is 0 Å². The Balaban J connectivity index is 3.36. The van der Waals surface area contributed by atoms with Crippen molar-refractivity contribution in [2.24, 2.45) is 0 Å². The number of aryl methyl sites for hydroxylation is 1. The third-order valence-corrected chi connectivity index (χ3v) is 6.01. The van der Waals surface area contributed by atoms with Crippen LogP contribution in [0.5, 0.6) is 0 Å². The minimum absolute atomic E-state index is 0.0443. The summed E-state index contributed by atoms with van der Waals surface area (Å²) in [4.78, 5) is 0.436. The first-order chi connectivity index (χ1) is 9.75. The van der Waals surface area contributed by atoms with Gasteiger partial charge >= 0.3 is 0 Å². The number of sulfonamides is 1. The summed E-state index contributed by atoms with van der Waals surface area (Å²) in [5, 5.41) is 3.25. The van der Waals surface area contributed by atoms with Gasteiger partial charge in [-0.2, -0.15) is 4.31 Å². The van der Waals surface area contributed by atoms with Crippen LogP contribution in [0, 0.1) is 13.8 Å². The average molecular weight is 312 g/mol. The van der Waals surface area contributed by atoms with Gasteiger partial charge in [-0.05, 0) is 57.0 Å². The van der Waals surface area contributed by atoms with Crippen LogP contribution in [0.15, 0.2) is 17.0 Å². The molecule has 0 radical (unpaired) electrons. The van der Waals surface area contributed by atoms with Gasteiger partial charge in [0.15, 0.2) is 0 Å². The molecule has 5 heteroatoms. The molecule has 1 aromatic carbocycles. The van der Waals surface area contributed by atoms with Crippen molar-refractivity contribution in [1.29, 1.82) is 0 Å². The van der Waals surface area contributed by atoms with Crippen molar-refractivity contribution in [3.8, 4) is 0 Å². The van der Waals surface area contributed by atoms with Crippen molar-refractivity contribution in [2.45, 2.75) is 59.0 Å². The molecule has 0 heterocycles. The molecule has 1 N–H and O–H groups in total. The van der Waals surface area contributed by atoms with Gasteiger partial charge in [-0.1, -0.05) is 19.9 Å². The van der Waals surface area contributed by atoms with Gasteiger partial charge in [0.1, 0.15) is 0 Å². The summed E-state index contributed by atoms with van der Waals surface area (Å²) in [7, 11) is -3.45. The van der Waals surface area contributed by atoms with Crippen molar-refractivity contribution in [3.05, 3.63) is 28.8 Å². The number of rotatable bonds is 7. The standard InChI is InChI=1S/C16H28N2O2S/c1-7-17-11-15-9-13(5)14(6)16(10-15)21(19,20)18(8-2)12(3)4/h9-10,12,17H,7-8,11H2,1-6H3. The summed E-state index contributed by atoms with van der Waals surface area (Å²) < 4.78 is 27.4. The average Bonchev–Trinajstić information content (AvgIpc) is 2.39. The lowest BCUT2D eigenvalue weighted by atomic mass is 10.1. The van der Waals surface area contributed by atoms with Gasteiger partial charge < -0.3 is 5.32 Å². The first-order valence-corrected chi connectivity index (χ1v) is 9.02. The normalized spacial score (nSPS) is 12.4. The van der Waals surface area contributed by atoms with E-state index < -0.39 is 10.0 Å². The van der Waals surface area contributed by atoms with Crippen LogP contribution >= 0.6 is 0 Å². The van der Waals surface area contributed by atoms with Crippen LogP contribution in [0.2, 0.25) is 0 Å². The van der Waals surface area contributed by atoms with E-state index in [0.717, 1.165) is 23.2 Å². The zero-order valence-electron chi connectivity index (χ0n) is 14.0. The van der Waals surface area contributed by atoms with E-state index in [1.807, 2.05) is 47.6 Å². The van der Waals surface area contributed by atoms with E-state index in [1.54, 1.807) is 4.31 Å². The molecule has 0 amide bonds. The lowest BCUT2D eigenvalue weighted by Gasteiger charge is -2.26. The van der Waals surface area contributed by atoms with Crippen molar-refractivity contribution >= 4 is 10.0 Å². The van der Waals surface area contributed by atoms with E-state index in [-0.39, 0.29) is 6.04 Å². The molecule has 0 saturated heterocycles. The summed E-state index contributed by atoms with van der Waals surface area (Å²) in [6.45, 7) is 13.6. The van der Waals surface area contributed by atoms with Crippen LogP contribution < -0.4 is 5.32 Å². The number of nitrogens with one attached hydrogen (secondary N) is 1. The van der Waals surface area contributed by atoms with Crippen LogP contribution in [-0.4, -0.2) is 31.9 Å².